The van der Waals surface area contributed by atoms with Crippen molar-refractivity contribution in [2.45, 2.75) is 57.3 Å². The van der Waals surface area contributed by atoms with Crippen LogP contribution in [0.2, 0.25) is 0 Å². The summed E-state index contributed by atoms with van der Waals surface area (Å²) in [6.07, 6.45) is 1.56. The lowest BCUT2D eigenvalue weighted by molar-refractivity contribution is -0.174. The molecule has 120 valence electrons. The van der Waals surface area contributed by atoms with E-state index >= 15 is 0 Å². The molecule has 0 radical (unpaired) electrons. The molecular formula is C13H25F3N2O2. The zero-order valence-electron chi connectivity index (χ0n) is 12.2. The monoisotopic (exact) mass is 298 g/mol. The molecule has 2 fully saturated rings. The smallest absolute Gasteiger partial charge is 0.377 e. The summed E-state index contributed by atoms with van der Waals surface area (Å²) in [6, 6.07) is 0. The molecule has 0 unspecified atom stereocenters. The highest BCUT2D eigenvalue weighted by atomic mass is 19.4. The van der Waals surface area contributed by atoms with Crippen molar-refractivity contribution in [3.63, 3.8) is 0 Å². The molecule has 4 nitrogen and oxygen atoms in total. The highest BCUT2D eigenvalue weighted by Crippen LogP contribution is 2.38. The van der Waals surface area contributed by atoms with E-state index in [1.165, 1.54) is 38.8 Å². The van der Waals surface area contributed by atoms with Gasteiger partial charge in [-0.15, -0.1) is 0 Å². The van der Waals surface area contributed by atoms with Crippen LogP contribution in [0.3, 0.4) is 0 Å². The lowest BCUT2D eigenvalue weighted by Gasteiger charge is -2.32. The number of alkyl halides is 3. The van der Waals surface area contributed by atoms with Crippen molar-refractivity contribution in [2.24, 2.45) is 5.90 Å². The maximum atomic E-state index is 10.9. The lowest BCUT2D eigenvalue weighted by atomic mass is 9.95. The van der Waals surface area contributed by atoms with Crippen LogP contribution in [0.15, 0.2) is 0 Å². The fourth-order valence-electron chi connectivity index (χ4n) is 2.88. The van der Waals surface area contributed by atoms with Gasteiger partial charge in [0.15, 0.2) is 6.61 Å². The van der Waals surface area contributed by atoms with Crippen molar-refractivity contribution in [3.05, 3.63) is 0 Å². The van der Waals surface area contributed by atoms with Crippen LogP contribution < -0.4 is 5.90 Å². The molecule has 0 aromatic rings. The predicted octanol–water partition coefficient (Wildman–Crippen LogP) is 2.48. The van der Waals surface area contributed by atoms with Gasteiger partial charge in [-0.25, -0.2) is 5.90 Å². The second kappa shape index (κ2) is 7.59. The van der Waals surface area contributed by atoms with Gasteiger partial charge in [0.25, 0.3) is 0 Å². The topological polar surface area (TPSA) is 47.7 Å². The zero-order chi connectivity index (χ0) is 15.2. The lowest BCUT2D eigenvalue weighted by Crippen LogP contribution is -2.43. The summed E-state index contributed by atoms with van der Waals surface area (Å²) in [5.74, 6) is 4.09. The molecule has 2 aliphatic rings. The summed E-state index contributed by atoms with van der Waals surface area (Å²) < 4.78 is 38.3. The van der Waals surface area contributed by atoms with Crippen molar-refractivity contribution < 1.29 is 22.7 Å². The van der Waals surface area contributed by atoms with Crippen LogP contribution in [-0.4, -0.2) is 49.0 Å². The molecule has 0 atom stereocenters. The molecule has 0 aromatic carbocycles. The van der Waals surface area contributed by atoms with Crippen molar-refractivity contribution in [3.8, 4) is 0 Å². The van der Waals surface area contributed by atoms with Gasteiger partial charge in [0.1, 0.15) is 0 Å². The molecule has 0 bridgehead atoms. The predicted molar refractivity (Wildman–Crippen MR) is 70.1 cm³/mol. The van der Waals surface area contributed by atoms with E-state index in [1.54, 1.807) is 0 Å². The third kappa shape index (κ3) is 5.55. The molecule has 2 N–H and O–H groups in total. The molecule has 2 saturated heterocycles. The van der Waals surface area contributed by atoms with E-state index < -0.39 is 12.8 Å². The molecule has 0 spiro atoms. The minimum absolute atomic E-state index is 0.387. The van der Waals surface area contributed by atoms with Gasteiger partial charge in [-0.05, 0) is 52.6 Å². The molecule has 7 heteroatoms. The largest absolute Gasteiger partial charge is 0.413 e. The SMILES string of the molecule is CC(C)OCC12CCCN1CCC2.NOCC(F)(F)F. The van der Waals surface area contributed by atoms with Crippen LogP contribution in [0.1, 0.15) is 39.5 Å². The number of rotatable bonds is 4. The van der Waals surface area contributed by atoms with Gasteiger partial charge in [0.2, 0.25) is 0 Å². The summed E-state index contributed by atoms with van der Waals surface area (Å²) in [5.41, 5.74) is 0.449. The Bertz CT molecular complexity index is 275. The van der Waals surface area contributed by atoms with Crippen LogP contribution >= 0.6 is 0 Å². The Morgan fingerprint density at radius 3 is 2.10 bits per heavy atom. The number of nitrogens with zero attached hydrogens (tertiary/aromatic N) is 1. The van der Waals surface area contributed by atoms with Gasteiger partial charge in [-0.2, -0.15) is 13.2 Å². The first-order chi connectivity index (χ1) is 9.29. The average molecular weight is 298 g/mol. The van der Waals surface area contributed by atoms with E-state index in [0.29, 0.717) is 11.6 Å². The number of ether oxygens (including phenoxy) is 1. The summed E-state index contributed by atoms with van der Waals surface area (Å²) in [4.78, 5) is 5.93. The molecule has 0 aromatic heterocycles. The Balaban J connectivity index is 0.000000246. The second-order valence-corrected chi connectivity index (χ2v) is 5.70. The molecular weight excluding hydrogens is 273 g/mol. The van der Waals surface area contributed by atoms with E-state index in [4.69, 9.17) is 4.74 Å². The number of halogens is 3. The van der Waals surface area contributed by atoms with Crippen LogP contribution in [0.5, 0.6) is 0 Å². The Hall–Kier alpha value is -0.370. The highest BCUT2D eigenvalue weighted by molar-refractivity contribution is 5.00. The van der Waals surface area contributed by atoms with Gasteiger partial charge in [0.05, 0.1) is 12.7 Å². The summed E-state index contributed by atoms with van der Waals surface area (Å²) in [7, 11) is 0. The molecule has 0 aliphatic carbocycles. The quantitative estimate of drug-likeness (QED) is 0.810. The van der Waals surface area contributed by atoms with Gasteiger partial charge < -0.3 is 4.74 Å². The third-order valence-electron chi connectivity index (χ3n) is 3.74. The minimum atomic E-state index is -4.30. The normalized spacial score (nSPS) is 21.8. The van der Waals surface area contributed by atoms with Crippen LogP contribution in [0.25, 0.3) is 0 Å². The molecule has 0 saturated carbocycles. The minimum Gasteiger partial charge on any atom is -0.377 e. The number of nitrogens with two attached hydrogens (primary N) is 1. The third-order valence-corrected chi connectivity index (χ3v) is 3.74. The molecule has 2 heterocycles. The second-order valence-electron chi connectivity index (χ2n) is 5.70. The zero-order valence-corrected chi connectivity index (χ0v) is 12.2. The van der Waals surface area contributed by atoms with Crippen molar-refractivity contribution in [1.29, 1.82) is 0 Å². The first-order valence-corrected chi connectivity index (χ1v) is 7.04. The highest BCUT2D eigenvalue weighted by Gasteiger charge is 2.44. The maximum absolute atomic E-state index is 10.9. The molecule has 20 heavy (non-hydrogen) atoms. The first-order valence-electron chi connectivity index (χ1n) is 7.04. The fraction of sp³-hybridized carbons (Fsp3) is 1.00. The Kier molecular flexibility index (Phi) is 6.71. The Morgan fingerprint density at radius 1 is 1.20 bits per heavy atom. The van der Waals surface area contributed by atoms with E-state index in [1.807, 2.05) is 0 Å². The van der Waals surface area contributed by atoms with E-state index in [2.05, 4.69) is 29.5 Å². The van der Waals surface area contributed by atoms with Gasteiger partial charge >= 0.3 is 6.18 Å². The van der Waals surface area contributed by atoms with Crippen molar-refractivity contribution in [1.82, 2.24) is 4.90 Å². The average Bonchev–Trinajstić information content (AvgIpc) is 2.84. The summed E-state index contributed by atoms with van der Waals surface area (Å²) in [6.45, 7) is 6.45. The van der Waals surface area contributed by atoms with Gasteiger partial charge in [0, 0.05) is 5.54 Å². The number of hydrogen-bond donors (Lipinski definition) is 1. The first kappa shape index (κ1) is 17.7. The number of hydrogen-bond acceptors (Lipinski definition) is 4. The van der Waals surface area contributed by atoms with E-state index in [9.17, 15) is 13.2 Å². The molecule has 2 rings (SSSR count). The van der Waals surface area contributed by atoms with Crippen molar-refractivity contribution >= 4 is 0 Å². The maximum Gasteiger partial charge on any atom is 0.413 e. The van der Waals surface area contributed by atoms with Crippen LogP contribution in [0, 0.1) is 0 Å². The van der Waals surface area contributed by atoms with Crippen molar-refractivity contribution in [2.75, 3.05) is 26.3 Å². The Morgan fingerprint density at radius 2 is 1.75 bits per heavy atom. The number of fused-ring (bicyclic) bond motifs is 1. The van der Waals surface area contributed by atoms with Crippen LogP contribution in [-0.2, 0) is 9.57 Å². The summed E-state index contributed by atoms with van der Waals surface area (Å²) >= 11 is 0. The van der Waals surface area contributed by atoms with Gasteiger partial charge in [-0.3, -0.25) is 9.74 Å². The van der Waals surface area contributed by atoms with Gasteiger partial charge in [-0.1, -0.05) is 0 Å². The Labute approximate surface area is 118 Å². The fourth-order valence-corrected chi connectivity index (χ4v) is 2.88. The summed E-state index contributed by atoms with van der Waals surface area (Å²) in [5, 5.41) is 0. The molecule has 0 amide bonds. The van der Waals surface area contributed by atoms with E-state index in [0.717, 1.165) is 6.61 Å². The molecule has 2 aliphatic heterocycles. The van der Waals surface area contributed by atoms with E-state index in [-0.39, 0.29) is 0 Å². The standard InChI is InChI=1S/C11H21NO.C2H4F3NO/c1-10(2)13-9-11-5-3-7-12(11)8-4-6-11;3-2(4,5)1-7-6/h10H,3-9H2,1-2H3;1,6H2. The van der Waals surface area contributed by atoms with Crippen LogP contribution in [0.4, 0.5) is 13.2 Å².